The van der Waals surface area contributed by atoms with Crippen molar-refractivity contribution in [3.63, 3.8) is 0 Å². The van der Waals surface area contributed by atoms with Crippen molar-refractivity contribution in [2.75, 3.05) is 12.4 Å². The molecule has 0 fully saturated rings. The van der Waals surface area contributed by atoms with Crippen LogP contribution in [0.15, 0.2) is 24.3 Å². The van der Waals surface area contributed by atoms with E-state index in [4.69, 9.17) is 0 Å². The molecule has 1 aromatic rings. The summed E-state index contributed by atoms with van der Waals surface area (Å²) in [5, 5.41) is 2.58. The fourth-order valence-electron chi connectivity index (χ4n) is 0.846. The molecule has 0 aliphatic rings. The largest absolute Gasteiger partial charge is 0.453 e. The number of alkyl halides is 1. The first-order valence-electron chi connectivity index (χ1n) is 3.76. The van der Waals surface area contributed by atoms with E-state index in [0.717, 1.165) is 10.1 Å². The van der Waals surface area contributed by atoms with Crippen LogP contribution in [0.4, 0.5) is 10.5 Å². The predicted octanol–water partition coefficient (Wildman–Crippen LogP) is 2.80. The minimum atomic E-state index is -0.442. The van der Waals surface area contributed by atoms with Crippen LogP contribution in [0.1, 0.15) is 5.56 Å². The van der Waals surface area contributed by atoms with Gasteiger partial charge in [0.05, 0.1) is 7.11 Å². The standard InChI is InChI=1S/C9H10INO2/c1-13-9(12)11-8-4-2-7(6-10)3-5-8/h2-5H,6H2,1H3,(H,11,12). The lowest BCUT2D eigenvalue weighted by atomic mass is 10.2. The number of halogens is 1. The summed E-state index contributed by atoms with van der Waals surface area (Å²) in [6, 6.07) is 7.64. The molecule has 4 heteroatoms. The van der Waals surface area contributed by atoms with Gasteiger partial charge in [-0.15, -0.1) is 0 Å². The van der Waals surface area contributed by atoms with Gasteiger partial charge in [0.25, 0.3) is 0 Å². The van der Waals surface area contributed by atoms with E-state index < -0.39 is 6.09 Å². The quantitative estimate of drug-likeness (QED) is 0.672. The Hall–Kier alpha value is -0.780. The maximum Gasteiger partial charge on any atom is 0.411 e. The Labute approximate surface area is 90.6 Å². The molecule has 0 aliphatic heterocycles. The average molecular weight is 291 g/mol. The van der Waals surface area contributed by atoms with Crippen LogP contribution < -0.4 is 5.32 Å². The van der Waals surface area contributed by atoms with Crippen LogP contribution in [0, 0.1) is 0 Å². The SMILES string of the molecule is COC(=O)Nc1ccc(CI)cc1. The Morgan fingerprint density at radius 3 is 2.54 bits per heavy atom. The molecular formula is C9H10INO2. The molecule has 0 saturated heterocycles. The highest BCUT2D eigenvalue weighted by Gasteiger charge is 1.99. The zero-order chi connectivity index (χ0) is 9.68. The number of nitrogens with one attached hydrogen (secondary N) is 1. The zero-order valence-corrected chi connectivity index (χ0v) is 9.37. The van der Waals surface area contributed by atoms with E-state index in [0.29, 0.717) is 0 Å². The lowest BCUT2D eigenvalue weighted by molar-refractivity contribution is 0.187. The lowest BCUT2D eigenvalue weighted by Crippen LogP contribution is -2.10. The highest BCUT2D eigenvalue weighted by Crippen LogP contribution is 2.11. The molecule has 0 spiro atoms. The van der Waals surface area contributed by atoms with Crippen molar-refractivity contribution in [1.82, 2.24) is 0 Å². The van der Waals surface area contributed by atoms with E-state index in [9.17, 15) is 4.79 Å². The van der Waals surface area contributed by atoms with E-state index in [2.05, 4.69) is 32.6 Å². The van der Waals surface area contributed by atoms with Crippen LogP contribution in [-0.2, 0) is 9.16 Å². The van der Waals surface area contributed by atoms with Crippen molar-refractivity contribution in [3.8, 4) is 0 Å². The molecule has 0 radical (unpaired) electrons. The summed E-state index contributed by atoms with van der Waals surface area (Å²) in [6.45, 7) is 0. The van der Waals surface area contributed by atoms with Gasteiger partial charge in [0.2, 0.25) is 0 Å². The Bertz CT molecular complexity index is 284. The number of hydrogen-bond acceptors (Lipinski definition) is 2. The number of rotatable bonds is 2. The van der Waals surface area contributed by atoms with Crippen molar-refractivity contribution in [2.45, 2.75) is 4.43 Å². The molecule has 0 atom stereocenters. The molecule has 1 N–H and O–H groups in total. The molecule has 0 aromatic heterocycles. The first-order chi connectivity index (χ1) is 6.26. The first kappa shape index (κ1) is 10.3. The molecular weight excluding hydrogens is 281 g/mol. The summed E-state index contributed by atoms with van der Waals surface area (Å²) in [7, 11) is 1.34. The number of benzene rings is 1. The van der Waals surface area contributed by atoms with E-state index in [1.165, 1.54) is 12.7 Å². The summed E-state index contributed by atoms with van der Waals surface area (Å²) in [5.74, 6) is 0. The van der Waals surface area contributed by atoms with Crippen LogP contribution in [0.5, 0.6) is 0 Å². The topological polar surface area (TPSA) is 38.3 Å². The molecule has 1 aromatic carbocycles. The molecule has 13 heavy (non-hydrogen) atoms. The van der Waals surface area contributed by atoms with E-state index in [1.54, 1.807) is 0 Å². The summed E-state index contributed by atoms with van der Waals surface area (Å²) < 4.78 is 5.43. The van der Waals surface area contributed by atoms with Crippen LogP contribution in [0.3, 0.4) is 0 Å². The molecule has 70 valence electrons. The third-order valence-electron chi connectivity index (χ3n) is 1.54. The van der Waals surface area contributed by atoms with Gasteiger partial charge in [-0.25, -0.2) is 4.79 Å². The molecule has 3 nitrogen and oxygen atoms in total. The number of carbonyl (C=O) groups excluding carboxylic acids is 1. The van der Waals surface area contributed by atoms with Gasteiger partial charge in [-0.2, -0.15) is 0 Å². The van der Waals surface area contributed by atoms with Gasteiger partial charge < -0.3 is 4.74 Å². The first-order valence-corrected chi connectivity index (χ1v) is 5.28. The monoisotopic (exact) mass is 291 g/mol. The van der Waals surface area contributed by atoms with Crippen molar-refractivity contribution >= 4 is 34.4 Å². The van der Waals surface area contributed by atoms with Crippen molar-refractivity contribution in [1.29, 1.82) is 0 Å². The minimum Gasteiger partial charge on any atom is -0.453 e. The van der Waals surface area contributed by atoms with Crippen molar-refractivity contribution in [2.24, 2.45) is 0 Å². The van der Waals surface area contributed by atoms with Gasteiger partial charge >= 0.3 is 6.09 Å². The molecule has 1 rings (SSSR count). The maximum absolute atomic E-state index is 10.8. The smallest absolute Gasteiger partial charge is 0.411 e. The van der Waals surface area contributed by atoms with E-state index in [-0.39, 0.29) is 0 Å². The van der Waals surface area contributed by atoms with Gasteiger partial charge in [0.1, 0.15) is 0 Å². The van der Waals surface area contributed by atoms with Gasteiger partial charge in [-0.05, 0) is 17.7 Å². The molecule has 0 saturated carbocycles. The fourth-order valence-corrected chi connectivity index (χ4v) is 1.35. The molecule has 0 heterocycles. The van der Waals surface area contributed by atoms with Crippen LogP contribution >= 0.6 is 22.6 Å². The summed E-state index contributed by atoms with van der Waals surface area (Å²) in [4.78, 5) is 10.8. The molecule has 0 unspecified atom stereocenters. The second kappa shape index (κ2) is 5.06. The number of carbonyl (C=O) groups is 1. The normalized spacial score (nSPS) is 9.38. The Kier molecular flexibility index (Phi) is 4.01. The van der Waals surface area contributed by atoms with Gasteiger partial charge in [-0.3, -0.25) is 5.32 Å². The molecule has 0 bridgehead atoms. The number of methoxy groups -OCH3 is 1. The maximum atomic E-state index is 10.8. The highest BCUT2D eigenvalue weighted by atomic mass is 127. The van der Waals surface area contributed by atoms with Crippen LogP contribution in [0.2, 0.25) is 0 Å². The van der Waals surface area contributed by atoms with Gasteiger partial charge in [-0.1, -0.05) is 34.7 Å². The second-order valence-corrected chi connectivity index (χ2v) is 3.21. The summed E-state index contributed by atoms with van der Waals surface area (Å²) >= 11 is 2.29. The Morgan fingerprint density at radius 1 is 1.46 bits per heavy atom. The molecule has 1 amide bonds. The Balaban J connectivity index is 2.64. The van der Waals surface area contributed by atoms with E-state index >= 15 is 0 Å². The average Bonchev–Trinajstić information content (AvgIpc) is 2.19. The third-order valence-corrected chi connectivity index (χ3v) is 2.42. The van der Waals surface area contributed by atoms with Crippen LogP contribution in [0.25, 0.3) is 0 Å². The molecule has 0 aliphatic carbocycles. The number of hydrogen-bond donors (Lipinski definition) is 1. The minimum absolute atomic E-state index is 0.442. The predicted molar refractivity (Wildman–Crippen MR) is 60.2 cm³/mol. The number of ether oxygens (including phenoxy) is 1. The Morgan fingerprint density at radius 2 is 2.08 bits per heavy atom. The third kappa shape index (κ3) is 3.22. The van der Waals surface area contributed by atoms with Gasteiger partial charge in [0, 0.05) is 10.1 Å². The lowest BCUT2D eigenvalue weighted by Gasteiger charge is -2.03. The van der Waals surface area contributed by atoms with Gasteiger partial charge in [0.15, 0.2) is 0 Å². The summed E-state index contributed by atoms with van der Waals surface area (Å²) in [5.41, 5.74) is 1.98. The van der Waals surface area contributed by atoms with Crippen molar-refractivity contribution < 1.29 is 9.53 Å². The highest BCUT2D eigenvalue weighted by molar-refractivity contribution is 14.1. The fraction of sp³-hybridized carbons (Fsp3) is 0.222. The number of amides is 1. The zero-order valence-electron chi connectivity index (χ0n) is 7.21. The van der Waals surface area contributed by atoms with Crippen LogP contribution in [-0.4, -0.2) is 13.2 Å². The number of anilines is 1. The second-order valence-electron chi connectivity index (χ2n) is 2.45. The summed E-state index contributed by atoms with van der Waals surface area (Å²) in [6.07, 6.45) is -0.442. The van der Waals surface area contributed by atoms with Crippen molar-refractivity contribution in [3.05, 3.63) is 29.8 Å². The van der Waals surface area contributed by atoms with E-state index in [1.807, 2.05) is 24.3 Å².